The molecule has 0 unspecified atom stereocenters. The molecule has 6 heteroatoms. The molecule has 1 saturated heterocycles. The molecule has 0 saturated carbocycles. The largest absolute Gasteiger partial charge is 0.444 e. The molecule has 0 aromatic heterocycles. The van der Waals surface area contributed by atoms with E-state index in [9.17, 15) is 9.59 Å². The van der Waals surface area contributed by atoms with Crippen LogP contribution in [0.3, 0.4) is 0 Å². The average molecular weight is 346 g/mol. The Balaban J connectivity index is 1.58. The number of amides is 2. The summed E-state index contributed by atoms with van der Waals surface area (Å²) in [5.74, 6) is 0.654. The van der Waals surface area contributed by atoms with Crippen molar-refractivity contribution in [3.63, 3.8) is 0 Å². The lowest BCUT2D eigenvalue weighted by Crippen LogP contribution is -2.50. The topological polar surface area (TPSA) is 59.1 Å². The van der Waals surface area contributed by atoms with Crippen molar-refractivity contribution in [2.75, 3.05) is 19.6 Å². The Morgan fingerprint density at radius 2 is 1.84 bits per heavy atom. The van der Waals surface area contributed by atoms with Crippen LogP contribution in [0.4, 0.5) is 9.59 Å². The number of carbonyl (C=O) groups excluding carboxylic acids is 2. The van der Waals surface area contributed by atoms with Crippen LogP contribution in [0, 0.1) is 0 Å². The van der Waals surface area contributed by atoms with Gasteiger partial charge in [-0.2, -0.15) is 0 Å². The Morgan fingerprint density at radius 3 is 2.52 bits per heavy atom. The maximum atomic E-state index is 12.5. The van der Waals surface area contributed by atoms with Gasteiger partial charge in [0.1, 0.15) is 11.4 Å². The van der Waals surface area contributed by atoms with Crippen molar-refractivity contribution >= 4 is 12.2 Å². The molecule has 0 atom stereocenters. The van der Waals surface area contributed by atoms with Crippen LogP contribution >= 0.6 is 0 Å². The maximum absolute atomic E-state index is 12.5. The zero-order chi connectivity index (χ0) is 18.0. The number of rotatable bonds is 1. The molecule has 0 aliphatic carbocycles. The molecule has 2 amide bonds. The highest BCUT2D eigenvalue weighted by Gasteiger charge is 2.33. The molecule has 0 spiro atoms. The standard InChI is InChI=1S/C19H26N2O4/c1-19(2,3)25-17(22)20-11-9-15(10-12-20)21-13-8-14-6-4-5-7-16(14)24-18(21)23/h4-7,15H,8-13H2,1-3H3. The van der Waals surface area contributed by atoms with E-state index in [2.05, 4.69) is 0 Å². The fraction of sp³-hybridized carbons (Fsp3) is 0.579. The van der Waals surface area contributed by atoms with Crippen LogP contribution < -0.4 is 4.74 Å². The lowest BCUT2D eigenvalue weighted by molar-refractivity contribution is 0.0157. The van der Waals surface area contributed by atoms with Crippen LogP contribution in [0.15, 0.2) is 24.3 Å². The molecule has 2 aliphatic heterocycles. The lowest BCUT2D eigenvalue weighted by atomic mass is 10.0. The van der Waals surface area contributed by atoms with Crippen LogP contribution in [-0.4, -0.2) is 53.3 Å². The van der Waals surface area contributed by atoms with Gasteiger partial charge in [-0.25, -0.2) is 9.59 Å². The highest BCUT2D eigenvalue weighted by Crippen LogP contribution is 2.26. The first-order valence-electron chi connectivity index (χ1n) is 8.88. The second-order valence-electron chi connectivity index (χ2n) is 7.62. The molecular weight excluding hydrogens is 320 g/mol. The fourth-order valence-corrected chi connectivity index (χ4v) is 3.31. The van der Waals surface area contributed by atoms with Crippen LogP contribution in [0.2, 0.25) is 0 Å². The zero-order valence-electron chi connectivity index (χ0n) is 15.2. The van der Waals surface area contributed by atoms with E-state index in [4.69, 9.17) is 9.47 Å². The summed E-state index contributed by atoms with van der Waals surface area (Å²) in [5.41, 5.74) is 0.568. The van der Waals surface area contributed by atoms with Crippen LogP contribution in [0.5, 0.6) is 5.75 Å². The van der Waals surface area contributed by atoms with Crippen LogP contribution in [-0.2, 0) is 11.2 Å². The summed E-state index contributed by atoms with van der Waals surface area (Å²) in [6.07, 6.45) is 1.70. The van der Waals surface area contributed by atoms with E-state index in [0.717, 1.165) is 24.8 Å². The van der Waals surface area contributed by atoms with Crippen molar-refractivity contribution < 1.29 is 19.1 Å². The smallest absolute Gasteiger partial charge is 0.415 e. The molecule has 2 aliphatic rings. The monoisotopic (exact) mass is 346 g/mol. The summed E-state index contributed by atoms with van der Waals surface area (Å²) in [4.78, 5) is 28.2. The van der Waals surface area contributed by atoms with Gasteiger partial charge in [0, 0.05) is 25.7 Å². The number of benzene rings is 1. The van der Waals surface area contributed by atoms with Gasteiger partial charge in [-0.05, 0) is 51.7 Å². The highest BCUT2D eigenvalue weighted by molar-refractivity contribution is 5.72. The van der Waals surface area contributed by atoms with E-state index >= 15 is 0 Å². The number of hydrogen-bond acceptors (Lipinski definition) is 4. The molecule has 0 N–H and O–H groups in total. The molecule has 3 rings (SSSR count). The second kappa shape index (κ2) is 6.94. The Morgan fingerprint density at radius 1 is 1.16 bits per heavy atom. The third-order valence-electron chi connectivity index (χ3n) is 4.58. The number of carbonyl (C=O) groups is 2. The molecule has 136 valence electrons. The van der Waals surface area contributed by atoms with Crippen molar-refractivity contribution in [2.45, 2.75) is 51.7 Å². The first kappa shape index (κ1) is 17.6. The number of para-hydroxylation sites is 1. The van der Waals surface area contributed by atoms with Crippen LogP contribution in [0.1, 0.15) is 39.2 Å². The Kier molecular flexibility index (Phi) is 4.88. The minimum atomic E-state index is -0.492. The Labute approximate surface area is 148 Å². The van der Waals surface area contributed by atoms with Gasteiger partial charge < -0.3 is 19.3 Å². The van der Waals surface area contributed by atoms with Crippen molar-refractivity contribution in [3.05, 3.63) is 29.8 Å². The van der Waals surface area contributed by atoms with E-state index in [0.29, 0.717) is 25.4 Å². The third kappa shape index (κ3) is 4.24. The second-order valence-corrected chi connectivity index (χ2v) is 7.62. The molecule has 1 aromatic rings. The minimum absolute atomic E-state index is 0.0977. The highest BCUT2D eigenvalue weighted by atomic mass is 16.6. The summed E-state index contributed by atoms with van der Waals surface area (Å²) in [6.45, 7) is 7.42. The first-order chi connectivity index (χ1) is 11.8. The molecule has 2 heterocycles. The van der Waals surface area contributed by atoms with Gasteiger partial charge in [0.25, 0.3) is 0 Å². The molecule has 1 aromatic carbocycles. The number of piperidine rings is 1. The molecule has 25 heavy (non-hydrogen) atoms. The summed E-state index contributed by atoms with van der Waals surface area (Å²) < 4.78 is 11.0. The maximum Gasteiger partial charge on any atom is 0.415 e. The number of likely N-dealkylation sites (tertiary alicyclic amines) is 1. The SMILES string of the molecule is CC(C)(C)OC(=O)N1CCC(N2CCc3ccccc3OC2=O)CC1. The quantitative estimate of drug-likeness (QED) is 0.781. The zero-order valence-corrected chi connectivity index (χ0v) is 15.2. The normalized spacial score (nSPS) is 19.1. The Hall–Kier alpha value is -2.24. The van der Waals surface area contributed by atoms with E-state index in [1.54, 1.807) is 4.90 Å². The summed E-state index contributed by atoms with van der Waals surface area (Å²) in [5, 5.41) is 0. The minimum Gasteiger partial charge on any atom is -0.444 e. The number of hydrogen-bond donors (Lipinski definition) is 0. The van der Waals surface area contributed by atoms with Crippen molar-refractivity contribution in [1.82, 2.24) is 9.80 Å². The average Bonchev–Trinajstić information content (AvgIpc) is 2.71. The molecule has 6 nitrogen and oxygen atoms in total. The van der Waals surface area contributed by atoms with Gasteiger partial charge in [-0.3, -0.25) is 0 Å². The summed E-state index contributed by atoms with van der Waals surface area (Å²) in [7, 11) is 0. The molecule has 0 bridgehead atoms. The Bertz CT molecular complexity index is 645. The van der Waals surface area contributed by atoms with Gasteiger partial charge in [0.05, 0.1) is 0 Å². The molecule has 1 fully saturated rings. The number of fused-ring (bicyclic) bond motifs is 1. The van der Waals surface area contributed by atoms with E-state index in [-0.39, 0.29) is 18.2 Å². The van der Waals surface area contributed by atoms with E-state index < -0.39 is 5.60 Å². The van der Waals surface area contributed by atoms with Gasteiger partial charge in [-0.15, -0.1) is 0 Å². The van der Waals surface area contributed by atoms with E-state index in [1.807, 2.05) is 49.9 Å². The number of ether oxygens (including phenoxy) is 2. The summed E-state index contributed by atoms with van der Waals surface area (Å²) >= 11 is 0. The summed E-state index contributed by atoms with van der Waals surface area (Å²) in [6, 6.07) is 7.77. The van der Waals surface area contributed by atoms with Crippen LogP contribution in [0.25, 0.3) is 0 Å². The first-order valence-corrected chi connectivity index (χ1v) is 8.88. The predicted octanol–water partition coefficient (Wildman–Crippen LogP) is 3.44. The molecular formula is C19H26N2O4. The lowest BCUT2D eigenvalue weighted by Gasteiger charge is -2.37. The van der Waals surface area contributed by atoms with E-state index in [1.165, 1.54) is 0 Å². The van der Waals surface area contributed by atoms with Gasteiger partial charge >= 0.3 is 12.2 Å². The third-order valence-corrected chi connectivity index (χ3v) is 4.58. The van der Waals surface area contributed by atoms with Crippen molar-refractivity contribution in [3.8, 4) is 5.75 Å². The molecule has 0 radical (unpaired) electrons. The van der Waals surface area contributed by atoms with Gasteiger partial charge in [0.2, 0.25) is 0 Å². The number of nitrogens with zero attached hydrogens (tertiary/aromatic N) is 2. The van der Waals surface area contributed by atoms with Crippen molar-refractivity contribution in [1.29, 1.82) is 0 Å². The van der Waals surface area contributed by atoms with Gasteiger partial charge in [-0.1, -0.05) is 18.2 Å². The predicted molar refractivity (Wildman–Crippen MR) is 93.7 cm³/mol. The van der Waals surface area contributed by atoms with Crippen molar-refractivity contribution in [2.24, 2.45) is 0 Å². The fourth-order valence-electron chi connectivity index (χ4n) is 3.31. The van der Waals surface area contributed by atoms with Gasteiger partial charge in [0.15, 0.2) is 0 Å².